The van der Waals surface area contributed by atoms with E-state index >= 15 is 0 Å². The molecule has 0 spiro atoms. The van der Waals surface area contributed by atoms with Gasteiger partial charge in [-0.1, -0.05) is 12.1 Å². The van der Waals surface area contributed by atoms with Crippen molar-refractivity contribution in [1.82, 2.24) is 0 Å². The zero-order valence-electron chi connectivity index (χ0n) is 15.5. The Balaban J connectivity index is 1.89. The van der Waals surface area contributed by atoms with E-state index in [1.165, 1.54) is 36.4 Å². The van der Waals surface area contributed by atoms with Gasteiger partial charge in [-0.25, -0.2) is 12.8 Å². The van der Waals surface area contributed by atoms with Gasteiger partial charge in [0.1, 0.15) is 17.5 Å². The number of ether oxygens (including phenoxy) is 1. The summed E-state index contributed by atoms with van der Waals surface area (Å²) in [6.07, 6.45) is 0.942. The van der Waals surface area contributed by atoms with Gasteiger partial charge in [-0.3, -0.25) is 10.1 Å². The molecule has 0 aliphatic rings. The molecule has 1 N–H and O–H groups in total. The molecule has 0 aromatic heterocycles. The average molecular weight is 427 g/mol. The molecule has 30 heavy (non-hydrogen) atoms. The zero-order chi connectivity index (χ0) is 21.9. The van der Waals surface area contributed by atoms with Gasteiger partial charge in [-0.2, -0.15) is 5.26 Å². The van der Waals surface area contributed by atoms with Crippen LogP contribution in [0.15, 0.2) is 65.6 Å². The molecule has 0 fully saturated rings. The maximum Gasteiger partial charge on any atom is 0.293 e. The number of nitrogens with zero attached hydrogens (tertiary/aromatic N) is 2. The third kappa shape index (κ3) is 4.53. The van der Waals surface area contributed by atoms with Crippen LogP contribution in [0.1, 0.15) is 5.56 Å². The van der Waals surface area contributed by atoms with Gasteiger partial charge in [0.05, 0.1) is 15.4 Å². The lowest BCUT2D eigenvalue weighted by molar-refractivity contribution is -0.384. The maximum atomic E-state index is 14.5. The van der Waals surface area contributed by atoms with Crippen LogP contribution in [-0.2, 0) is 9.84 Å². The molecular formula is C20H14FN3O5S. The van der Waals surface area contributed by atoms with Crippen molar-refractivity contribution in [2.24, 2.45) is 0 Å². The summed E-state index contributed by atoms with van der Waals surface area (Å²) in [5.41, 5.74) is -0.0544. The predicted octanol–water partition coefficient (Wildman–Crippen LogP) is 4.54. The summed E-state index contributed by atoms with van der Waals surface area (Å²) in [4.78, 5) is 10.4. The zero-order valence-corrected chi connectivity index (χ0v) is 16.3. The largest absolute Gasteiger partial charge is 0.453 e. The van der Waals surface area contributed by atoms with Crippen molar-refractivity contribution >= 4 is 26.9 Å². The van der Waals surface area contributed by atoms with E-state index in [4.69, 9.17) is 10.00 Å². The van der Waals surface area contributed by atoms with E-state index in [9.17, 15) is 22.9 Å². The minimum Gasteiger partial charge on any atom is -0.453 e. The summed E-state index contributed by atoms with van der Waals surface area (Å²) >= 11 is 0. The van der Waals surface area contributed by atoms with Crippen LogP contribution in [0.2, 0.25) is 0 Å². The van der Waals surface area contributed by atoms with Crippen molar-refractivity contribution in [1.29, 1.82) is 5.26 Å². The Kier molecular flexibility index (Phi) is 5.66. The molecule has 0 amide bonds. The van der Waals surface area contributed by atoms with E-state index in [2.05, 4.69) is 5.32 Å². The highest BCUT2D eigenvalue weighted by molar-refractivity contribution is 7.90. The lowest BCUT2D eigenvalue weighted by Gasteiger charge is -2.11. The molecule has 0 saturated carbocycles. The van der Waals surface area contributed by atoms with Gasteiger partial charge in [0.2, 0.25) is 0 Å². The molecule has 0 saturated heterocycles. The number of sulfone groups is 1. The van der Waals surface area contributed by atoms with E-state index in [1.54, 1.807) is 12.1 Å². The number of nitro benzene ring substituents is 1. The molecule has 3 aromatic rings. The molecule has 3 aromatic carbocycles. The highest BCUT2D eigenvalue weighted by Gasteiger charge is 2.19. The fraction of sp³-hybridized carbons (Fsp3) is 0.0500. The van der Waals surface area contributed by atoms with Crippen molar-refractivity contribution in [2.45, 2.75) is 4.90 Å². The van der Waals surface area contributed by atoms with Crippen LogP contribution in [0, 0.1) is 27.3 Å². The normalized spacial score (nSPS) is 10.8. The van der Waals surface area contributed by atoms with Gasteiger partial charge in [0, 0.05) is 24.1 Å². The van der Waals surface area contributed by atoms with Crippen LogP contribution >= 0.6 is 0 Å². The molecule has 0 heterocycles. The van der Waals surface area contributed by atoms with Gasteiger partial charge in [0.25, 0.3) is 5.69 Å². The number of rotatable bonds is 6. The minimum atomic E-state index is -3.63. The number of anilines is 2. The summed E-state index contributed by atoms with van der Waals surface area (Å²) in [6, 6.07) is 15.5. The Hall–Kier alpha value is -3.97. The number of nitrogens with one attached hydrogen (secondary N) is 1. The highest BCUT2D eigenvalue weighted by atomic mass is 32.2. The average Bonchev–Trinajstić information content (AvgIpc) is 2.69. The third-order valence-corrected chi connectivity index (χ3v) is 5.14. The quantitative estimate of drug-likeness (QED) is 0.452. The first-order valence-electron chi connectivity index (χ1n) is 8.41. The number of benzene rings is 3. The van der Waals surface area contributed by atoms with Crippen molar-refractivity contribution in [3.05, 3.63) is 82.2 Å². The minimum absolute atomic E-state index is 0.00436. The highest BCUT2D eigenvalue weighted by Crippen LogP contribution is 2.33. The first-order chi connectivity index (χ1) is 14.2. The second kappa shape index (κ2) is 8.18. The summed E-state index contributed by atoms with van der Waals surface area (Å²) < 4.78 is 43.2. The Labute approximate surface area is 171 Å². The van der Waals surface area contributed by atoms with E-state index in [1.807, 2.05) is 6.07 Å². The molecule has 8 nitrogen and oxygen atoms in total. The summed E-state index contributed by atoms with van der Waals surface area (Å²) in [5.74, 6) is -0.708. The topological polar surface area (TPSA) is 122 Å². The molecule has 0 radical (unpaired) electrons. The fourth-order valence-corrected chi connectivity index (χ4v) is 3.22. The molecule has 152 valence electrons. The Bertz CT molecular complexity index is 1290. The number of para-hydroxylation sites is 1. The molecule has 0 atom stereocenters. The summed E-state index contributed by atoms with van der Waals surface area (Å²) in [5, 5.41) is 23.1. The van der Waals surface area contributed by atoms with Crippen molar-refractivity contribution < 1.29 is 22.5 Å². The Morgan fingerprint density at radius 1 is 1.10 bits per heavy atom. The summed E-state index contributed by atoms with van der Waals surface area (Å²) in [7, 11) is -3.63. The molecule has 0 aliphatic heterocycles. The fourth-order valence-electron chi connectivity index (χ4n) is 2.58. The van der Waals surface area contributed by atoms with Crippen LogP contribution < -0.4 is 10.1 Å². The number of hydrogen-bond acceptors (Lipinski definition) is 7. The molecule has 0 unspecified atom stereocenters. The van der Waals surface area contributed by atoms with Crippen LogP contribution in [0.3, 0.4) is 0 Å². The molecule has 3 rings (SSSR count). The van der Waals surface area contributed by atoms with Gasteiger partial charge < -0.3 is 10.1 Å². The van der Waals surface area contributed by atoms with Crippen molar-refractivity contribution in [3.8, 4) is 17.6 Å². The standard InChI is InChI=1S/C20H14FN3O5S/c1-30(27,28)15-7-8-17(18(11-15)24(25)26)23-14-6-9-20(16(21)10-14)29-19-5-3-2-4-13(19)12-22/h2-11,23H,1H3. The van der Waals surface area contributed by atoms with E-state index in [0.29, 0.717) is 0 Å². The third-order valence-electron chi connectivity index (χ3n) is 4.03. The van der Waals surface area contributed by atoms with Gasteiger partial charge in [0.15, 0.2) is 21.4 Å². The Morgan fingerprint density at radius 3 is 2.47 bits per heavy atom. The SMILES string of the molecule is CS(=O)(=O)c1ccc(Nc2ccc(Oc3ccccc3C#N)c(F)c2)c([N+](=O)[O-])c1. The number of nitro groups is 1. The lowest BCUT2D eigenvalue weighted by Crippen LogP contribution is -2.02. The van der Waals surface area contributed by atoms with Crippen LogP contribution in [0.25, 0.3) is 0 Å². The van der Waals surface area contributed by atoms with Gasteiger partial charge >= 0.3 is 0 Å². The molecule has 0 bridgehead atoms. The second-order valence-corrected chi connectivity index (χ2v) is 8.20. The Morgan fingerprint density at radius 2 is 1.83 bits per heavy atom. The van der Waals surface area contributed by atoms with Gasteiger partial charge in [-0.15, -0.1) is 0 Å². The molecular weight excluding hydrogens is 413 g/mol. The first kappa shape index (κ1) is 20.8. The first-order valence-corrected chi connectivity index (χ1v) is 10.3. The predicted molar refractivity (Wildman–Crippen MR) is 107 cm³/mol. The number of nitriles is 1. The lowest BCUT2D eigenvalue weighted by atomic mass is 10.2. The van der Waals surface area contributed by atoms with E-state index in [0.717, 1.165) is 18.4 Å². The monoisotopic (exact) mass is 427 g/mol. The summed E-state index contributed by atoms with van der Waals surface area (Å²) in [6.45, 7) is 0. The van der Waals surface area contributed by atoms with Crippen LogP contribution in [0.4, 0.5) is 21.5 Å². The molecule has 10 heteroatoms. The number of halogens is 1. The molecule has 0 aliphatic carbocycles. The van der Waals surface area contributed by atoms with E-state index in [-0.39, 0.29) is 33.3 Å². The van der Waals surface area contributed by atoms with E-state index < -0.39 is 26.3 Å². The van der Waals surface area contributed by atoms with Crippen LogP contribution in [0.5, 0.6) is 11.5 Å². The maximum absolute atomic E-state index is 14.5. The van der Waals surface area contributed by atoms with Crippen LogP contribution in [-0.4, -0.2) is 19.6 Å². The van der Waals surface area contributed by atoms with Crippen molar-refractivity contribution in [3.63, 3.8) is 0 Å². The second-order valence-electron chi connectivity index (χ2n) is 6.19. The van der Waals surface area contributed by atoms with Gasteiger partial charge in [-0.05, 0) is 36.4 Å². The smallest absolute Gasteiger partial charge is 0.293 e. The number of hydrogen-bond donors (Lipinski definition) is 1. The van der Waals surface area contributed by atoms with Crippen molar-refractivity contribution in [2.75, 3.05) is 11.6 Å².